The van der Waals surface area contributed by atoms with Gasteiger partial charge in [-0.25, -0.2) is 9.97 Å². The van der Waals surface area contributed by atoms with E-state index in [1.807, 2.05) is 13.0 Å². The van der Waals surface area contributed by atoms with E-state index in [2.05, 4.69) is 16.5 Å². The second-order valence-corrected chi connectivity index (χ2v) is 6.15. The smallest absolute Gasteiger partial charge is 0.269 e. The maximum Gasteiger partial charge on any atom is 0.269 e. The lowest BCUT2D eigenvalue weighted by Crippen LogP contribution is -2.07. The fourth-order valence-corrected chi connectivity index (χ4v) is 2.80. The molecule has 0 spiro atoms. The summed E-state index contributed by atoms with van der Waals surface area (Å²) in [6.07, 6.45) is 2.98. The number of nitrogen functional groups attached to an aromatic ring is 1. The summed E-state index contributed by atoms with van der Waals surface area (Å²) in [6, 6.07) is 8.46. The quantitative estimate of drug-likeness (QED) is 0.546. The minimum atomic E-state index is -0.392. The number of nitrogens with two attached hydrogens (primary N) is 1. The van der Waals surface area contributed by atoms with Crippen LogP contribution < -0.4 is 5.73 Å². The van der Waals surface area contributed by atoms with Crippen LogP contribution in [0.3, 0.4) is 0 Å². The van der Waals surface area contributed by atoms with Crippen molar-refractivity contribution in [3.8, 4) is 0 Å². The van der Waals surface area contributed by atoms with Crippen molar-refractivity contribution in [2.24, 2.45) is 0 Å². The number of non-ortho nitro benzene ring substituents is 1. The maximum absolute atomic E-state index is 10.8. The van der Waals surface area contributed by atoms with Gasteiger partial charge in [-0.05, 0) is 25.0 Å². The van der Waals surface area contributed by atoms with E-state index in [9.17, 15) is 10.1 Å². The highest BCUT2D eigenvalue weighted by molar-refractivity contribution is 5.76. The normalized spacial score (nSPS) is 11.1. The van der Waals surface area contributed by atoms with E-state index in [0.717, 1.165) is 47.5 Å². The molecule has 7 nitrogen and oxygen atoms in total. The van der Waals surface area contributed by atoms with Gasteiger partial charge in [0.25, 0.3) is 5.69 Å². The summed E-state index contributed by atoms with van der Waals surface area (Å²) in [4.78, 5) is 19.7. The number of hydrogen-bond donors (Lipinski definition) is 1. The zero-order chi connectivity index (χ0) is 18.0. The van der Waals surface area contributed by atoms with Gasteiger partial charge in [0.15, 0.2) is 5.65 Å². The van der Waals surface area contributed by atoms with Crippen LogP contribution in [0, 0.1) is 17.0 Å². The molecule has 7 heteroatoms. The largest absolute Gasteiger partial charge is 0.397 e. The van der Waals surface area contributed by atoms with Gasteiger partial charge in [-0.1, -0.05) is 25.5 Å². The summed E-state index contributed by atoms with van der Waals surface area (Å²) >= 11 is 0. The predicted octanol–water partition coefficient (Wildman–Crippen LogP) is 3.62. The number of pyridine rings is 1. The molecule has 3 aromatic rings. The number of nitro benzene ring substituents is 1. The van der Waals surface area contributed by atoms with Crippen molar-refractivity contribution in [2.45, 2.75) is 39.7 Å². The van der Waals surface area contributed by atoms with Crippen molar-refractivity contribution in [3.63, 3.8) is 0 Å². The maximum atomic E-state index is 10.8. The van der Waals surface area contributed by atoms with Crippen LogP contribution in [0.4, 0.5) is 11.4 Å². The third kappa shape index (κ3) is 3.45. The Bertz CT molecular complexity index is 915. The van der Waals surface area contributed by atoms with Crippen molar-refractivity contribution in [3.05, 3.63) is 57.5 Å². The number of benzene rings is 1. The Balaban J connectivity index is 2.02. The summed E-state index contributed by atoms with van der Waals surface area (Å²) < 4.78 is 2.08. The van der Waals surface area contributed by atoms with Crippen molar-refractivity contribution in [1.29, 1.82) is 0 Å². The molecule has 1 aromatic carbocycles. The van der Waals surface area contributed by atoms with Gasteiger partial charge in [0.1, 0.15) is 11.3 Å². The Kier molecular flexibility index (Phi) is 4.65. The summed E-state index contributed by atoms with van der Waals surface area (Å²) in [6.45, 7) is 4.59. The van der Waals surface area contributed by atoms with Gasteiger partial charge in [-0.2, -0.15) is 0 Å². The van der Waals surface area contributed by atoms with Gasteiger partial charge in [0.05, 0.1) is 22.8 Å². The van der Waals surface area contributed by atoms with Gasteiger partial charge in [-0.3, -0.25) is 10.1 Å². The summed E-state index contributed by atoms with van der Waals surface area (Å²) in [5.74, 6) is 0.965. The molecule has 0 atom stereocenters. The Morgan fingerprint density at radius 2 is 1.96 bits per heavy atom. The number of nitro groups is 1. The van der Waals surface area contributed by atoms with Crippen LogP contribution in [0.25, 0.3) is 11.2 Å². The molecule has 0 fully saturated rings. The molecule has 3 rings (SSSR count). The van der Waals surface area contributed by atoms with E-state index in [4.69, 9.17) is 10.7 Å². The molecule has 0 saturated heterocycles. The molecule has 0 radical (unpaired) electrons. The summed E-state index contributed by atoms with van der Waals surface area (Å²) in [7, 11) is 0. The van der Waals surface area contributed by atoms with Gasteiger partial charge in [-0.15, -0.1) is 0 Å². The van der Waals surface area contributed by atoms with E-state index in [1.54, 1.807) is 12.1 Å². The highest BCUT2D eigenvalue weighted by Gasteiger charge is 2.14. The lowest BCUT2D eigenvalue weighted by Gasteiger charge is -2.09. The first-order chi connectivity index (χ1) is 12.0. The molecule has 2 N–H and O–H groups in total. The molecule has 2 aromatic heterocycles. The minimum absolute atomic E-state index is 0.0900. The van der Waals surface area contributed by atoms with Crippen LogP contribution in [0.2, 0.25) is 0 Å². The predicted molar refractivity (Wildman–Crippen MR) is 97.5 cm³/mol. The van der Waals surface area contributed by atoms with Crippen LogP contribution in [-0.2, 0) is 13.0 Å². The number of anilines is 1. The monoisotopic (exact) mass is 339 g/mol. The van der Waals surface area contributed by atoms with Crippen molar-refractivity contribution >= 4 is 22.5 Å². The fraction of sp³-hybridized carbons (Fsp3) is 0.333. The fourth-order valence-electron chi connectivity index (χ4n) is 2.80. The second-order valence-electron chi connectivity index (χ2n) is 6.15. The number of unbranched alkanes of at least 4 members (excludes halogenated alkanes) is 1. The average Bonchev–Trinajstić information content (AvgIpc) is 2.90. The first kappa shape index (κ1) is 16.9. The first-order valence-corrected chi connectivity index (χ1v) is 8.35. The summed E-state index contributed by atoms with van der Waals surface area (Å²) in [5.41, 5.74) is 10.0. The van der Waals surface area contributed by atoms with Crippen LogP contribution in [0.5, 0.6) is 0 Å². The van der Waals surface area contributed by atoms with Crippen LogP contribution in [0.1, 0.15) is 36.8 Å². The van der Waals surface area contributed by atoms with Gasteiger partial charge in [0.2, 0.25) is 0 Å². The Morgan fingerprint density at radius 1 is 1.24 bits per heavy atom. The van der Waals surface area contributed by atoms with Crippen molar-refractivity contribution in [2.75, 3.05) is 5.73 Å². The SMILES string of the molecule is CCCCc1nc2cc(N)c(C)nc2n1Cc1ccc([N+](=O)[O-])cc1. The van der Waals surface area contributed by atoms with E-state index in [1.165, 1.54) is 12.1 Å². The minimum Gasteiger partial charge on any atom is -0.397 e. The molecule has 25 heavy (non-hydrogen) atoms. The molecule has 0 amide bonds. The van der Waals surface area contributed by atoms with Crippen LogP contribution >= 0.6 is 0 Å². The molecule has 2 heterocycles. The van der Waals surface area contributed by atoms with Crippen molar-refractivity contribution in [1.82, 2.24) is 14.5 Å². The average molecular weight is 339 g/mol. The zero-order valence-electron chi connectivity index (χ0n) is 14.4. The van der Waals surface area contributed by atoms with Gasteiger partial charge >= 0.3 is 0 Å². The van der Waals surface area contributed by atoms with Gasteiger partial charge < -0.3 is 10.3 Å². The lowest BCUT2D eigenvalue weighted by atomic mass is 10.2. The molecule has 0 aliphatic heterocycles. The second kappa shape index (κ2) is 6.88. The Hall–Kier alpha value is -2.96. The number of nitrogens with zero attached hydrogens (tertiary/aromatic N) is 4. The number of rotatable bonds is 6. The number of aromatic nitrogens is 3. The van der Waals surface area contributed by atoms with E-state index in [-0.39, 0.29) is 5.69 Å². The number of aryl methyl sites for hydroxylation is 2. The number of fused-ring (bicyclic) bond motifs is 1. The van der Waals surface area contributed by atoms with Crippen LogP contribution in [0.15, 0.2) is 30.3 Å². The molecule has 130 valence electrons. The number of imidazole rings is 1. The first-order valence-electron chi connectivity index (χ1n) is 8.35. The standard InChI is InChI=1S/C18H21N5O2/c1-3-4-5-17-21-16-10-15(19)12(2)20-18(16)22(17)11-13-6-8-14(9-7-13)23(24)25/h6-10H,3-5,11,19H2,1-2H3. The summed E-state index contributed by atoms with van der Waals surface area (Å²) in [5, 5.41) is 10.8. The molecule has 0 saturated carbocycles. The van der Waals surface area contributed by atoms with Crippen LogP contribution in [-0.4, -0.2) is 19.5 Å². The molecular formula is C18H21N5O2. The highest BCUT2D eigenvalue weighted by atomic mass is 16.6. The molecule has 0 aliphatic carbocycles. The molecule has 0 unspecified atom stereocenters. The Labute approximate surface area is 145 Å². The van der Waals surface area contributed by atoms with E-state index in [0.29, 0.717) is 12.2 Å². The van der Waals surface area contributed by atoms with Crippen molar-refractivity contribution < 1.29 is 4.92 Å². The molecule has 0 bridgehead atoms. The molecule has 0 aliphatic rings. The highest BCUT2D eigenvalue weighted by Crippen LogP contribution is 2.22. The zero-order valence-corrected chi connectivity index (χ0v) is 14.4. The van der Waals surface area contributed by atoms with Gasteiger partial charge in [0, 0.05) is 18.6 Å². The third-order valence-electron chi connectivity index (χ3n) is 4.27. The molecular weight excluding hydrogens is 318 g/mol. The topological polar surface area (TPSA) is 99.9 Å². The number of hydrogen-bond acceptors (Lipinski definition) is 5. The third-order valence-corrected chi connectivity index (χ3v) is 4.27. The van der Waals surface area contributed by atoms with E-state index < -0.39 is 4.92 Å². The Morgan fingerprint density at radius 3 is 2.60 bits per heavy atom. The lowest BCUT2D eigenvalue weighted by molar-refractivity contribution is -0.384. The van der Waals surface area contributed by atoms with E-state index >= 15 is 0 Å².